The first-order chi connectivity index (χ1) is 11.2. The van der Waals surface area contributed by atoms with Crippen molar-refractivity contribution in [3.63, 3.8) is 0 Å². The second kappa shape index (κ2) is 7.11. The Morgan fingerprint density at radius 3 is 2.52 bits per heavy atom. The first-order valence-corrected chi connectivity index (χ1v) is 8.22. The minimum atomic E-state index is -0.800. The van der Waals surface area contributed by atoms with Gasteiger partial charge in [-0.3, -0.25) is 4.98 Å². The summed E-state index contributed by atoms with van der Waals surface area (Å²) in [4.78, 5) is 4.44. The zero-order valence-electron chi connectivity index (χ0n) is 13.5. The number of aromatic nitrogens is 1. The van der Waals surface area contributed by atoms with Crippen molar-refractivity contribution in [1.29, 1.82) is 0 Å². The highest BCUT2D eigenvalue weighted by Gasteiger charge is 2.35. The topological polar surface area (TPSA) is 54.4 Å². The Balaban J connectivity index is 1.61. The fraction of sp³-hybridized carbons (Fsp3) is 0.421. The van der Waals surface area contributed by atoms with Gasteiger partial charge in [-0.1, -0.05) is 30.3 Å². The molecule has 1 saturated carbocycles. The third-order valence-corrected chi connectivity index (χ3v) is 4.68. The maximum absolute atomic E-state index is 10.8. The van der Waals surface area contributed by atoms with Crippen LogP contribution in [0.2, 0.25) is 0 Å². The van der Waals surface area contributed by atoms with Crippen LogP contribution in [0.1, 0.15) is 36.9 Å². The van der Waals surface area contributed by atoms with Crippen molar-refractivity contribution in [3.8, 4) is 5.75 Å². The minimum Gasteiger partial charge on any atom is -0.487 e. The summed E-state index contributed by atoms with van der Waals surface area (Å²) in [5.41, 5.74) is 1.07. The number of rotatable bonds is 5. The summed E-state index contributed by atoms with van der Waals surface area (Å²) in [6.07, 6.45) is 5.15. The van der Waals surface area contributed by atoms with E-state index in [-0.39, 0.29) is 0 Å². The van der Waals surface area contributed by atoms with Crippen LogP contribution in [0.25, 0.3) is 0 Å². The Morgan fingerprint density at radius 1 is 1.17 bits per heavy atom. The predicted molar refractivity (Wildman–Crippen MR) is 90.2 cm³/mol. The van der Waals surface area contributed by atoms with Crippen LogP contribution in [0.15, 0.2) is 48.7 Å². The van der Waals surface area contributed by atoms with Gasteiger partial charge >= 0.3 is 0 Å². The fourth-order valence-electron chi connectivity index (χ4n) is 3.12. The van der Waals surface area contributed by atoms with E-state index in [0.717, 1.165) is 42.7 Å². The molecule has 0 unspecified atom stereocenters. The number of pyridine rings is 1. The summed E-state index contributed by atoms with van der Waals surface area (Å²) in [5, 5.41) is 14.1. The molecule has 0 spiro atoms. The van der Waals surface area contributed by atoms with Crippen molar-refractivity contribution < 1.29 is 9.84 Å². The molecule has 2 aromatic rings. The normalized spacial score (nSPS) is 24.3. The zero-order chi connectivity index (χ0) is 16.1. The number of ether oxygens (including phenoxy) is 1. The van der Waals surface area contributed by atoms with Crippen LogP contribution in [-0.4, -0.2) is 23.2 Å². The van der Waals surface area contributed by atoms with E-state index >= 15 is 0 Å². The van der Waals surface area contributed by atoms with E-state index in [1.165, 1.54) is 0 Å². The van der Waals surface area contributed by atoms with E-state index in [2.05, 4.69) is 10.3 Å². The monoisotopic (exact) mass is 312 g/mol. The van der Waals surface area contributed by atoms with Gasteiger partial charge in [0.1, 0.15) is 18.0 Å². The Morgan fingerprint density at radius 2 is 1.91 bits per heavy atom. The molecule has 2 N–H and O–H groups in total. The molecule has 0 bridgehead atoms. The molecule has 1 aliphatic rings. The first-order valence-electron chi connectivity index (χ1n) is 8.22. The van der Waals surface area contributed by atoms with Crippen molar-refractivity contribution in [2.75, 3.05) is 7.05 Å². The Kier molecular flexibility index (Phi) is 4.94. The van der Waals surface area contributed by atoms with E-state index in [0.29, 0.717) is 12.6 Å². The predicted octanol–water partition coefficient (Wildman–Crippen LogP) is 3.01. The van der Waals surface area contributed by atoms with Gasteiger partial charge < -0.3 is 15.2 Å². The summed E-state index contributed by atoms with van der Waals surface area (Å²) in [6, 6.07) is 14.3. The lowest BCUT2D eigenvalue weighted by Crippen LogP contribution is -2.38. The van der Waals surface area contributed by atoms with Crippen LogP contribution in [0.3, 0.4) is 0 Å². The Hall–Kier alpha value is -1.91. The van der Waals surface area contributed by atoms with Crippen molar-refractivity contribution in [2.24, 2.45) is 0 Å². The third-order valence-electron chi connectivity index (χ3n) is 4.68. The average molecular weight is 312 g/mol. The summed E-state index contributed by atoms with van der Waals surface area (Å²) in [6.45, 7) is 0.524. The second-order valence-corrected chi connectivity index (χ2v) is 6.25. The molecule has 3 rings (SSSR count). The highest BCUT2D eigenvalue weighted by Crippen LogP contribution is 2.36. The zero-order valence-corrected chi connectivity index (χ0v) is 13.5. The van der Waals surface area contributed by atoms with Crippen LogP contribution < -0.4 is 10.1 Å². The van der Waals surface area contributed by atoms with Crippen molar-refractivity contribution in [2.45, 2.75) is 43.9 Å². The summed E-state index contributed by atoms with van der Waals surface area (Å²) >= 11 is 0. The molecule has 0 saturated heterocycles. The number of hydrogen-bond acceptors (Lipinski definition) is 4. The molecule has 0 radical (unpaired) electrons. The van der Waals surface area contributed by atoms with E-state index in [1.807, 2.05) is 49.5 Å². The molecule has 23 heavy (non-hydrogen) atoms. The van der Waals surface area contributed by atoms with Crippen molar-refractivity contribution >= 4 is 0 Å². The van der Waals surface area contributed by atoms with E-state index < -0.39 is 5.60 Å². The molecule has 4 nitrogen and oxygen atoms in total. The smallest absolute Gasteiger partial charge is 0.138 e. The number of aliphatic hydroxyl groups is 1. The van der Waals surface area contributed by atoms with Crippen LogP contribution in [0.4, 0.5) is 0 Å². The van der Waals surface area contributed by atoms with E-state index in [4.69, 9.17) is 4.74 Å². The molecule has 122 valence electrons. The lowest BCUT2D eigenvalue weighted by Gasteiger charge is -2.35. The van der Waals surface area contributed by atoms with Crippen LogP contribution >= 0.6 is 0 Å². The standard InChI is InChI=1S/C19H24N2O2/c1-20-16-9-11-19(22,12-10-16)18-8-7-17(13-21-18)23-14-15-5-3-2-4-6-15/h2-8,13,16,20,22H,9-12,14H2,1H3/t16-,19-. The lowest BCUT2D eigenvalue weighted by atomic mass is 9.80. The Labute approximate surface area is 137 Å². The average Bonchev–Trinajstić information content (AvgIpc) is 2.62. The van der Waals surface area contributed by atoms with E-state index in [9.17, 15) is 5.11 Å². The van der Waals surface area contributed by atoms with Gasteiger partial charge in [0.25, 0.3) is 0 Å². The molecule has 1 aromatic heterocycles. The van der Waals surface area contributed by atoms with Gasteiger partial charge in [-0.25, -0.2) is 0 Å². The summed E-state index contributed by atoms with van der Waals surface area (Å²) in [7, 11) is 1.98. The van der Waals surface area contributed by atoms with Crippen LogP contribution in [0, 0.1) is 0 Å². The van der Waals surface area contributed by atoms with Crippen molar-refractivity contribution in [1.82, 2.24) is 10.3 Å². The van der Waals surface area contributed by atoms with Crippen LogP contribution in [-0.2, 0) is 12.2 Å². The summed E-state index contributed by atoms with van der Waals surface area (Å²) in [5.74, 6) is 0.727. The van der Waals surface area contributed by atoms with Gasteiger partial charge in [0.05, 0.1) is 11.9 Å². The molecule has 0 amide bonds. The second-order valence-electron chi connectivity index (χ2n) is 6.25. The molecule has 1 aliphatic carbocycles. The van der Waals surface area contributed by atoms with Crippen molar-refractivity contribution in [3.05, 3.63) is 59.9 Å². The molecule has 1 aromatic carbocycles. The van der Waals surface area contributed by atoms with Gasteiger partial charge in [-0.15, -0.1) is 0 Å². The molecule has 0 aliphatic heterocycles. The maximum Gasteiger partial charge on any atom is 0.138 e. The molecule has 1 fully saturated rings. The molecule has 4 heteroatoms. The fourth-order valence-corrected chi connectivity index (χ4v) is 3.12. The van der Waals surface area contributed by atoms with Gasteiger partial charge in [0, 0.05) is 6.04 Å². The SMILES string of the molecule is CN[C@H]1CC[C@@](O)(c2ccc(OCc3ccccc3)cn2)CC1. The lowest BCUT2D eigenvalue weighted by molar-refractivity contribution is -0.0115. The summed E-state index contributed by atoms with van der Waals surface area (Å²) < 4.78 is 5.75. The molecule has 0 atom stereocenters. The number of nitrogens with zero attached hydrogens (tertiary/aromatic N) is 1. The molecular formula is C19H24N2O2. The molecular weight excluding hydrogens is 288 g/mol. The van der Waals surface area contributed by atoms with Gasteiger partial charge in [0.15, 0.2) is 0 Å². The van der Waals surface area contributed by atoms with E-state index in [1.54, 1.807) is 6.20 Å². The van der Waals surface area contributed by atoms with Gasteiger partial charge in [0.2, 0.25) is 0 Å². The van der Waals surface area contributed by atoms with Crippen LogP contribution in [0.5, 0.6) is 5.75 Å². The Bertz CT molecular complexity index is 605. The third kappa shape index (κ3) is 3.89. The van der Waals surface area contributed by atoms with Gasteiger partial charge in [-0.2, -0.15) is 0 Å². The number of benzene rings is 1. The first kappa shape index (κ1) is 16.0. The minimum absolute atomic E-state index is 0.503. The largest absolute Gasteiger partial charge is 0.487 e. The number of nitrogens with one attached hydrogen (secondary N) is 1. The maximum atomic E-state index is 10.8. The highest BCUT2D eigenvalue weighted by atomic mass is 16.5. The van der Waals surface area contributed by atoms with Gasteiger partial charge in [-0.05, 0) is 50.4 Å². The highest BCUT2D eigenvalue weighted by molar-refractivity contribution is 5.24. The molecule has 1 heterocycles. The quantitative estimate of drug-likeness (QED) is 0.891. The number of hydrogen-bond donors (Lipinski definition) is 2.